The highest BCUT2D eigenvalue weighted by molar-refractivity contribution is 5.82. The molecule has 104 valence electrons. The zero-order valence-electron chi connectivity index (χ0n) is 11.6. The molecule has 1 unspecified atom stereocenters. The van der Waals surface area contributed by atoms with Crippen LogP contribution in [0.5, 0.6) is 0 Å². The molecule has 0 saturated heterocycles. The van der Waals surface area contributed by atoms with E-state index in [9.17, 15) is 9.59 Å². The highest BCUT2D eigenvalue weighted by atomic mass is 16.5. The molecular weight excluding hydrogens is 232 g/mol. The molecule has 0 heterocycles. The van der Waals surface area contributed by atoms with Gasteiger partial charge in [-0.05, 0) is 20.3 Å². The Hall–Kier alpha value is -1.36. The van der Waals surface area contributed by atoms with E-state index in [1.54, 1.807) is 24.8 Å². The zero-order valence-corrected chi connectivity index (χ0v) is 11.6. The lowest BCUT2D eigenvalue weighted by Gasteiger charge is -2.25. The second-order valence-corrected chi connectivity index (χ2v) is 3.99. The van der Waals surface area contributed by atoms with E-state index in [2.05, 4.69) is 11.9 Å². The third-order valence-corrected chi connectivity index (χ3v) is 2.48. The smallest absolute Gasteiger partial charge is 0.320 e. The first-order valence-corrected chi connectivity index (χ1v) is 6.35. The summed E-state index contributed by atoms with van der Waals surface area (Å²) in [4.78, 5) is 25.0. The van der Waals surface area contributed by atoms with Crippen molar-refractivity contribution in [3.63, 3.8) is 0 Å². The van der Waals surface area contributed by atoms with Gasteiger partial charge in [-0.15, -0.1) is 6.58 Å². The van der Waals surface area contributed by atoms with Gasteiger partial charge in [0.25, 0.3) is 0 Å². The Bertz CT molecular complexity index is 279. The Morgan fingerprint density at radius 1 is 1.44 bits per heavy atom. The molecule has 0 spiro atoms. The largest absolute Gasteiger partial charge is 0.465 e. The van der Waals surface area contributed by atoms with Gasteiger partial charge in [0.05, 0.1) is 19.2 Å². The average Bonchev–Trinajstić information content (AvgIpc) is 2.34. The molecule has 0 aliphatic heterocycles. The lowest BCUT2D eigenvalue weighted by Crippen LogP contribution is -2.47. The molecule has 0 aliphatic carbocycles. The van der Waals surface area contributed by atoms with Crippen molar-refractivity contribution in [2.24, 2.45) is 0 Å². The van der Waals surface area contributed by atoms with E-state index in [1.807, 2.05) is 6.92 Å². The first-order valence-electron chi connectivity index (χ1n) is 6.35. The third-order valence-electron chi connectivity index (χ3n) is 2.48. The van der Waals surface area contributed by atoms with Crippen molar-refractivity contribution in [3.05, 3.63) is 12.7 Å². The van der Waals surface area contributed by atoms with Crippen molar-refractivity contribution in [2.45, 2.75) is 33.2 Å². The van der Waals surface area contributed by atoms with Crippen LogP contribution in [0, 0.1) is 0 Å². The molecule has 1 amide bonds. The number of carbonyl (C=O) groups is 2. The second kappa shape index (κ2) is 9.65. The van der Waals surface area contributed by atoms with Crippen LogP contribution < -0.4 is 5.32 Å². The van der Waals surface area contributed by atoms with E-state index in [-0.39, 0.29) is 24.5 Å². The molecule has 1 N–H and O–H groups in total. The van der Waals surface area contributed by atoms with Gasteiger partial charge in [0.15, 0.2) is 0 Å². The molecule has 0 saturated carbocycles. The van der Waals surface area contributed by atoms with Crippen molar-refractivity contribution in [1.29, 1.82) is 0 Å². The van der Waals surface area contributed by atoms with Crippen LogP contribution in [0.15, 0.2) is 12.7 Å². The molecule has 0 fully saturated rings. The van der Waals surface area contributed by atoms with E-state index in [0.29, 0.717) is 19.7 Å². The number of hydrogen-bond acceptors (Lipinski definition) is 4. The highest BCUT2D eigenvalue weighted by Gasteiger charge is 2.22. The Balaban J connectivity index is 4.42. The van der Waals surface area contributed by atoms with Gasteiger partial charge in [0.1, 0.15) is 0 Å². The summed E-state index contributed by atoms with van der Waals surface area (Å²) in [6.45, 7) is 10.7. The van der Waals surface area contributed by atoms with Gasteiger partial charge in [0.2, 0.25) is 5.91 Å². The van der Waals surface area contributed by atoms with Crippen LogP contribution in [0.1, 0.15) is 27.2 Å². The first-order chi connectivity index (χ1) is 8.56. The van der Waals surface area contributed by atoms with Crippen molar-refractivity contribution < 1.29 is 14.3 Å². The zero-order chi connectivity index (χ0) is 14.0. The molecule has 0 bridgehead atoms. The predicted octanol–water partition coefficient (Wildman–Crippen LogP) is 0.952. The van der Waals surface area contributed by atoms with Gasteiger partial charge in [0, 0.05) is 13.1 Å². The quantitative estimate of drug-likeness (QED) is 0.493. The molecule has 0 aliphatic rings. The van der Waals surface area contributed by atoms with Gasteiger partial charge in [-0.1, -0.05) is 13.0 Å². The summed E-state index contributed by atoms with van der Waals surface area (Å²) in [6.07, 6.45) is 2.56. The fourth-order valence-corrected chi connectivity index (χ4v) is 1.46. The van der Waals surface area contributed by atoms with Crippen molar-refractivity contribution >= 4 is 11.9 Å². The summed E-state index contributed by atoms with van der Waals surface area (Å²) >= 11 is 0. The maximum atomic E-state index is 11.8. The fourth-order valence-electron chi connectivity index (χ4n) is 1.46. The maximum Gasteiger partial charge on any atom is 0.320 e. The number of nitrogens with one attached hydrogen (secondary N) is 1. The molecule has 1 atom stereocenters. The summed E-state index contributed by atoms with van der Waals surface area (Å²) in [5.74, 6) is -0.405. The van der Waals surface area contributed by atoms with E-state index >= 15 is 0 Å². The Morgan fingerprint density at radius 2 is 2.11 bits per heavy atom. The van der Waals surface area contributed by atoms with Crippen molar-refractivity contribution in [1.82, 2.24) is 10.2 Å². The number of carbonyl (C=O) groups excluding carboxylic acids is 2. The van der Waals surface area contributed by atoms with Gasteiger partial charge in [-0.3, -0.25) is 14.5 Å². The van der Waals surface area contributed by atoms with E-state index in [1.165, 1.54) is 0 Å². The van der Waals surface area contributed by atoms with Crippen LogP contribution in [0.25, 0.3) is 0 Å². The number of rotatable bonds is 9. The van der Waals surface area contributed by atoms with Crippen LogP contribution >= 0.6 is 0 Å². The van der Waals surface area contributed by atoms with E-state index in [4.69, 9.17) is 4.74 Å². The number of esters is 1. The molecule has 18 heavy (non-hydrogen) atoms. The topological polar surface area (TPSA) is 58.6 Å². The monoisotopic (exact) mass is 256 g/mol. The Kier molecular flexibility index (Phi) is 8.92. The molecule has 5 heteroatoms. The number of nitrogens with zero attached hydrogens (tertiary/aromatic N) is 1. The normalized spacial score (nSPS) is 12.0. The van der Waals surface area contributed by atoms with Crippen molar-refractivity contribution in [3.8, 4) is 0 Å². The minimum Gasteiger partial charge on any atom is -0.465 e. The molecule has 0 aromatic carbocycles. The standard InChI is InChI=1S/C13H24N2O3/c1-5-8-14-13(17)11(4)15(9-6-2)10-12(16)18-7-3/h6,11H,2,5,7-10H2,1,3-4H3,(H,14,17). The van der Waals surface area contributed by atoms with Crippen LogP contribution in [0.2, 0.25) is 0 Å². The lowest BCUT2D eigenvalue weighted by molar-refractivity contribution is -0.145. The molecule has 0 aromatic rings. The van der Waals surface area contributed by atoms with Crippen LogP contribution in [-0.2, 0) is 14.3 Å². The lowest BCUT2D eigenvalue weighted by atomic mass is 10.2. The van der Waals surface area contributed by atoms with Crippen LogP contribution in [0.4, 0.5) is 0 Å². The van der Waals surface area contributed by atoms with Gasteiger partial charge < -0.3 is 10.1 Å². The summed E-state index contributed by atoms with van der Waals surface area (Å²) in [7, 11) is 0. The minimum atomic E-state index is -0.376. The van der Waals surface area contributed by atoms with Gasteiger partial charge in [-0.25, -0.2) is 0 Å². The third kappa shape index (κ3) is 6.39. The molecule has 0 radical (unpaired) electrons. The molecule has 0 rings (SSSR count). The van der Waals surface area contributed by atoms with Gasteiger partial charge in [-0.2, -0.15) is 0 Å². The van der Waals surface area contributed by atoms with E-state index < -0.39 is 0 Å². The number of hydrogen-bond donors (Lipinski definition) is 1. The fraction of sp³-hybridized carbons (Fsp3) is 0.692. The molecule has 5 nitrogen and oxygen atoms in total. The number of amides is 1. The maximum absolute atomic E-state index is 11.8. The Labute approximate surface area is 109 Å². The highest BCUT2D eigenvalue weighted by Crippen LogP contribution is 2.00. The molecular formula is C13H24N2O3. The van der Waals surface area contributed by atoms with Crippen molar-refractivity contribution in [2.75, 3.05) is 26.2 Å². The predicted molar refractivity (Wildman–Crippen MR) is 71.2 cm³/mol. The SMILES string of the molecule is C=CCN(CC(=O)OCC)C(C)C(=O)NCCC. The summed E-state index contributed by atoms with van der Waals surface area (Å²) in [6, 6.07) is -0.376. The van der Waals surface area contributed by atoms with E-state index in [0.717, 1.165) is 6.42 Å². The minimum absolute atomic E-state index is 0.0806. The van der Waals surface area contributed by atoms with Gasteiger partial charge >= 0.3 is 5.97 Å². The average molecular weight is 256 g/mol. The summed E-state index contributed by atoms with van der Waals surface area (Å²) < 4.78 is 4.88. The first kappa shape index (κ1) is 16.6. The summed E-state index contributed by atoms with van der Waals surface area (Å²) in [5.41, 5.74) is 0. The summed E-state index contributed by atoms with van der Waals surface area (Å²) in [5, 5.41) is 2.81. The number of ether oxygens (including phenoxy) is 1. The van der Waals surface area contributed by atoms with Crippen LogP contribution in [0.3, 0.4) is 0 Å². The van der Waals surface area contributed by atoms with Crippen LogP contribution in [-0.4, -0.2) is 49.1 Å². The molecule has 0 aromatic heterocycles. The second-order valence-electron chi connectivity index (χ2n) is 3.99. The Morgan fingerprint density at radius 3 is 2.61 bits per heavy atom.